The summed E-state index contributed by atoms with van der Waals surface area (Å²) in [6, 6.07) is 17.2. The van der Waals surface area contributed by atoms with Crippen LogP contribution in [0.2, 0.25) is 0 Å². The molecule has 0 saturated carbocycles. The van der Waals surface area contributed by atoms with Crippen molar-refractivity contribution < 1.29 is 4.79 Å². The van der Waals surface area contributed by atoms with Gasteiger partial charge in [0.25, 0.3) is 0 Å². The number of benzene rings is 2. The number of para-hydroxylation sites is 1. The van der Waals surface area contributed by atoms with E-state index in [1.165, 1.54) is 0 Å². The summed E-state index contributed by atoms with van der Waals surface area (Å²) in [5.74, 6) is -0.0258. The maximum atomic E-state index is 11.9. The molecule has 1 amide bonds. The van der Waals surface area contributed by atoms with Gasteiger partial charge < -0.3 is 11.1 Å². The van der Waals surface area contributed by atoms with Gasteiger partial charge in [0, 0.05) is 12.2 Å². The Morgan fingerprint density at radius 1 is 0.944 bits per heavy atom. The summed E-state index contributed by atoms with van der Waals surface area (Å²) >= 11 is 0. The maximum Gasteiger partial charge on any atom is 0.228 e. The predicted octanol–water partition coefficient (Wildman–Crippen LogP) is 2.33. The van der Waals surface area contributed by atoms with Crippen molar-refractivity contribution in [3.63, 3.8) is 0 Å². The molecular formula is C15H16N2O. The van der Waals surface area contributed by atoms with E-state index in [-0.39, 0.29) is 5.91 Å². The van der Waals surface area contributed by atoms with Crippen molar-refractivity contribution in [1.29, 1.82) is 0 Å². The fourth-order valence-electron chi connectivity index (χ4n) is 1.83. The average Bonchev–Trinajstić information content (AvgIpc) is 2.40. The van der Waals surface area contributed by atoms with Gasteiger partial charge in [0.15, 0.2) is 0 Å². The van der Waals surface area contributed by atoms with Crippen molar-refractivity contribution in [2.45, 2.75) is 13.0 Å². The molecule has 18 heavy (non-hydrogen) atoms. The van der Waals surface area contributed by atoms with Crippen LogP contribution in [0, 0.1) is 0 Å². The van der Waals surface area contributed by atoms with Crippen molar-refractivity contribution in [2.24, 2.45) is 5.73 Å². The van der Waals surface area contributed by atoms with Gasteiger partial charge in [-0.25, -0.2) is 0 Å². The summed E-state index contributed by atoms with van der Waals surface area (Å²) in [5.41, 5.74) is 8.45. The fourth-order valence-corrected chi connectivity index (χ4v) is 1.83. The first-order valence-corrected chi connectivity index (χ1v) is 5.91. The minimum atomic E-state index is -0.0258. The van der Waals surface area contributed by atoms with Crippen LogP contribution in [0.5, 0.6) is 0 Å². The summed E-state index contributed by atoms with van der Waals surface area (Å²) in [6.07, 6.45) is 0.349. The van der Waals surface area contributed by atoms with E-state index in [4.69, 9.17) is 5.73 Å². The van der Waals surface area contributed by atoms with E-state index >= 15 is 0 Å². The van der Waals surface area contributed by atoms with E-state index in [1.807, 2.05) is 54.6 Å². The van der Waals surface area contributed by atoms with Gasteiger partial charge >= 0.3 is 0 Å². The number of carbonyl (C=O) groups excluding carboxylic acids is 1. The number of amides is 1. The number of nitrogens with one attached hydrogen (secondary N) is 1. The van der Waals surface area contributed by atoms with Crippen LogP contribution < -0.4 is 11.1 Å². The molecule has 0 aromatic heterocycles. The molecule has 0 aliphatic heterocycles. The van der Waals surface area contributed by atoms with E-state index in [1.54, 1.807) is 0 Å². The lowest BCUT2D eigenvalue weighted by Gasteiger charge is -2.08. The van der Waals surface area contributed by atoms with Crippen LogP contribution in [0.3, 0.4) is 0 Å². The second-order valence-corrected chi connectivity index (χ2v) is 4.06. The number of carbonyl (C=O) groups is 1. The third-order valence-electron chi connectivity index (χ3n) is 2.75. The molecule has 0 aliphatic carbocycles. The Morgan fingerprint density at radius 2 is 1.56 bits per heavy atom. The topological polar surface area (TPSA) is 55.1 Å². The Morgan fingerprint density at radius 3 is 2.22 bits per heavy atom. The summed E-state index contributed by atoms with van der Waals surface area (Å²) in [6.45, 7) is 0.453. The van der Waals surface area contributed by atoms with Crippen LogP contribution in [0.15, 0.2) is 54.6 Å². The molecule has 3 heteroatoms. The highest BCUT2D eigenvalue weighted by Crippen LogP contribution is 2.11. The first kappa shape index (κ1) is 12.3. The zero-order valence-corrected chi connectivity index (χ0v) is 10.1. The van der Waals surface area contributed by atoms with Gasteiger partial charge in [-0.05, 0) is 23.3 Å². The largest absolute Gasteiger partial charge is 0.326 e. The van der Waals surface area contributed by atoms with Crippen LogP contribution in [0.25, 0.3) is 0 Å². The first-order chi connectivity index (χ1) is 8.79. The maximum absolute atomic E-state index is 11.9. The van der Waals surface area contributed by atoms with Crippen LogP contribution in [-0.2, 0) is 17.8 Å². The van der Waals surface area contributed by atoms with Gasteiger partial charge in [0.05, 0.1) is 6.42 Å². The van der Waals surface area contributed by atoms with Gasteiger partial charge in [-0.1, -0.05) is 42.5 Å². The molecule has 2 aromatic rings. The standard InChI is InChI=1S/C15H16N2O/c16-11-13-7-5-4-6-12(13)10-15(18)17-14-8-2-1-3-9-14/h1-9H,10-11,16H2,(H,17,18). The third kappa shape index (κ3) is 3.18. The van der Waals surface area contributed by atoms with E-state index in [2.05, 4.69) is 5.32 Å². The van der Waals surface area contributed by atoms with E-state index in [9.17, 15) is 4.79 Å². The van der Waals surface area contributed by atoms with E-state index in [0.29, 0.717) is 13.0 Å². The molecule has 0 radical (unpaired) electrons. The number of rotatable bonds is 4. The summed E-state index contributed by atoms with van der Waals surface area (Å²) in [7, 11) is 0. The molecule has 0 spiro atoms. The summed E-state index contributed by atoms with van der Waals surface area (Å²) in [5, 5.41) is 2.86. The Balaban J connectivity index is 2.03. The minimum absolute atomic E-state index is 0.0258. The van der Waals surface area contributed by atoms with Gasteiger partial charge in [-0.15, -0.1) is 0 Å². The quantitative estimate of drug-likeness (QED) is 0.861. The van der Waals surface area contributed by atoms with Crippen LogP contribution in [0.1, 0.15) is 11.1 Å². The molecule has 0 heterocycles. The molecule has 2 rings (SSSR count). The van der Waals surface area contributed by atoms with Gasteiger partial charge in [-0.3, -0.25) is 4.79 Å². The molecule has 0 bridgehead atoms. The molecule has 3 N–H and O–H groups in total. The number of hydrogen-bond donors (Lipinski definition) is 2. The average molecular weight is 240 g/mol. The molecular weight excluding hydrogens is 224 g/mol. The van der Waals surface area contributed by atoms with Gasteiger partial charge in [0.1, 0.15) is 0 Å². The lowest BCUT2D eigenvalue weighted by Crippen LogP contribution is -2.16. The van der Waals surface area contributed by atoms with Gasteiger partial charge in [-0.2, -0.15) is 0 Å². The number of nitrogens with two attached hydrogens (primary N) is 1. The van der Waals surface area contributed by atoms with E-state index in [0.717, 1.165) is 16.8 Å². The van der Waals surface area contributed by atoms with Crippen molar-refractivity contribution in [3.05, 3.63) is 65.7 Å². The van der Waals surface area contributed by atoms with Crippen molar-refractivity contribution in [2.75, 3.05) is 5.32 Å². The molecule has 3 nitrogen and oxygen atoms in total. The SMILES string of the molecule is NCc1ccccc1CC(=O)Nc1ccccc1. The normalized spacial score (nSPS) is 10.1. The fraction of sp³-hybridized carbons (Fsp3) is 0.133. The van der Waals surface area contributed by atoms with Crippen LogP contribution in [0.4, 0.5) is 5.69 Å². The van der Waals surface area contributed by atoms with Crippen LogP contribution in [-0.4, -0.2) is 5.91 Å². The highest BCUT2D eigenvalue weighted by molar-refractivity contribution is 5.92. The second kappa shape index (κ2) is 5.98. The zero-order chi connectivity index (χ0) is 12.8. The second-order valence-electron chi connectivity index (χ2n) is 4.06. The Hall–Kier alpha value is -2.13. The highest BCUT2D eigenvalue weighted by atomic mass is 16.1. The Kier molecular flexibility index (Phi) is 4.10. The van der Waals surface area contributed by atoms with Crippen molar-refractivity contribution >= 4 is 11.6 Å². The highest BCUT2D eigenvalue weighted by Gasteiger charge is 2.06. The number of hydrogen-bond acceptors (Lipinski definition) is 2. The summed E-state index contributed by atoms with van der Waals surface area (Å²) in [4.78, 5) is 11.9. The third-order valence-corrected chi connectivity index (χ3v) is 2.75. The zero-order valence-electron chi connectivity index (χ0n) is 10.1. The lowest BCUT2D eigenvalue weighted by atomic mass is 10.0. The Bertz CT molecular complexity index is 523. The molecule has 2 aromatic carbocycles. The summed E-state index contributed by atoms with van der Waals surface area (Å²) < 4.78 is 0. The number of anilines is 1. The van der Waals surface area contributed by atoms with E-state index < -0.39 is 0 Å². The van der Waals surface area contributed by atoms with Gasteiger partial charge in [0.2, 0.25) is 5.91 Å². The smallest absolute Gasteiger partial charge is 0.228 e. The molecule has 0 atom stereocenters. The van der Waals surface area contributed by atoms with Crippen molar-refractivity contribution in [3.8, 4) is 0 Å². The molecule has 0 unspecified atom stereocenters. The molecule has 0 saturated heterocycles. The first-order valence-electron chi connectivity index (χ1n) is 5.91. The molecule has 92 valence electrons. The minimum Gasteiger partial charge on any atom is -0.326 e. The lowest BCUT2D eigenvalue weighted by molar-refractivity contribution is -0.115. The molecule has 0 aliphatic rings. The van der Waals surface area contributed by atoms with Crippen molar-refractivity contribution in [1.82, 2.24) is 0 Å². The monoisotopic (exact) mass is 240 g/mol. The molecule has 0 fully saturated rings. The predicted molar refractivity (Wildman–Crippen MR) is 73.1 cm³/mol. The van der Waals surface area contributed by atoms with Crippen LogP contribution >= 0.6 is 0 Å². The Labute approximate surface area is 107 Å².